The van der Waals surface area contributed by atoms with Gasteiger partial charge in [-0.1, -0.05) is 0 Å². The number of hydrogen-bond donors (Lipinski definition) is 2. The number of nitrogens with two attached hydrogens (primary N) is 1. The fourth-order valence-corrected chi connectivity index (χ4v) is 1.55. The fraction of sp³-hybridized carbons (Fsp3) is 0.333. The van der Waals surface area contributed by atoms with Crippen molar-refractivity contribution in [2.24, 2.45) is 5.73 Å². The Morgan fingerprint density at radius 1 is 1.43 bits per heavy atom. The lowest BCUT2D eigenvalue weighted by Crippen LogP contribution is -2.15. The normalized spacial score (nSPS) is 10.2. The summed E-state index contributed by atoms with van der Waals surface area (Å²) in [7, 11) is 2.99. The quantitative estimate of drug-likeness (QED) is 0.719. The van der Waals surface area contributed by atoms with Gasteiger partial charge in [0.15, 0.2) is 5.69 Å². The van der Waals surface area contributed by atoms with Crippen molar-refractivity contribution in [1.82, 2.24) is 19.7 Å². The molecule has 0 spiro atoms. The van der Waals surface area contributed by atoms with Gasteiger partial charge in [-0.2, -0.15) is 15.1 Å². The lowest BCUT2D eigenvalue weighted by molar-refractivity contribution is 0.0994. The van der Waals surface area contributed by atoms with E-state index in [1.807, 2.05) is 0 Å². The van der Waals surface area contributed by atoms with Crippen LogP contribution in [0.4, 0.5) is 5.82 Å². The molecule has 0 saturated carbocycles. The van der Waals surface area contributed by atoms with Crippen molar-refractivity contribution in [1.29, 1.82) is 0 Å². The topological polar surface area (TPSA) is 117 Å². The summed E-state index contributed by atoms with van der Waals surface area (Å²) in [6.45, 7) is 1.04. The highest BCUT2D eigenvalue weighted by Gasteiger charge is 2.06. The van der Waals surface area contributed by atoms with Gasteiger partial charge in [-0.15, -0.1) is 0 Å². The van der Waals surface area contributed by atoms with Crippen LogP contribution >= 0.6 is 0 Å². The SMILES string of the molecule is COc1cc(NCCn2c[c]c(C(N)=O)n2)nc(OC)n1. The van der Waals surface area contributed by atoms with Crippen molar-refractivity contribution < 1.29 is 14.3 Å². The van der Waals surface area contributed by atoms with Gasteiger partial charge in [-0.05, 0) is 0 Å². The average Bonchev–Trinajstić information content (AvgIpc) is 2.96. The number of methoxy groups -OCH3 is 2. The van der Waals surface area contributed by atoms with Crippen molar-refractivity contribution in [3.05, 3.63) is 24.0 Å². The molecule has 0 atom stereocenters. The van der Waals surface area contributed by atoms with E-state index in [4.69, 9.17) is 15.2 Å². The Morgan fingerprint density at radius 3 is 2.86 bits per heavy atom. The molecule has 0 saturated heterocycles. The predicted molar refractivity (Wildman–Crippen MR) is 73.2 cm³/mol. The molecule has 0 bridgehead atoms. The smallest absolute Gasteiger partial charge is 0.321 e. The van der Waals surface area contributed by atoms with Gasteiger partial charge in [0.1, 0.15) is 5.82 Å². The minimum atomic E-state index is -0.605. The van der Waals surface area contributed by atoms with Crippen molar-refractivity contribution >= 4 is 11.7 Å². The van der Waals surface area contributed by atoms with Crippen LogP contribution < -0.4 is 20.5 Å². The van der Waals surface area contributed by atoms with Gasteiger partial charge in [-0.3, -0.25) is 9.48 Å². The van der Waals surface area contributed by atoms with Crippen LogP contribution in [0.5, 0.6) is 11.9 Å². The summed E-state index contributed by atoms with van der Waals surface area (Å²) in [6.07, 6.45) is 1.56. The highest BCUT2D eigenvalue weighted by Crippen LogP contribution is 2.16. The number of amides is 1. The van der Waals surface area contributed by atoms with Gasteiger partial charge in [-0.25, -0.2) is 0 Å². The largest absolute Gasteiger partial charge is 0.481 e. The molecule has 9 nitrogen and oxygen atoms in total. The molecule has 1 radical (unpaired) electrons. The van der Waals surface area contributed by atoms with Crippen molar-refractivity contribution in [2.45, 2.75) is 6.54 Å². The van der Waals surface area contributed by atoms with E-state index >= 15 is 0 Å². The van der Waals surface area contributed by atoms with Gasteiger partial charge >= 0.3 is 6.01 Å². The third-order valence-electron chi connectivity index (χ3n) is 2.53. The molecule has 21 heavy (non-hydrogen) atoms. The lowest BCUT2D eigenvalue weighted by atomic mass is 10.4. The predicted octanol–water partition coefficient (Wildman–Crippen LogP) is -0.299. The number of nitrogens with zero attached hydrogens (tertiary/aromatic N) is 4. The van der Waals surface area contributed by atoms with E-state index in [9.17, 15) is 4.79 Å². The minimum absolute atomic E-state index is 0.111. The third kappa shape index (κ3) is 3.81. The molecule has 2 aromatic rings. The molecule has 3 N–H and O–H groups in total. The molecular weight excluding hydrogens is 276 g/mol. The van der Waals surface area contributed by atoms with Crippen LogP contribution in [0.2, 0.25) is 0 Å². The summed E-state index contributed by atoms with van der Waals surface area (Å²) < 4.78 is 11.6. The summed E-state index contributed by atoms with van der Waals surface area (Å²) in [5.74, 6) is 0.352. The Hall–Kier alpha value is -2.84. The Labute approximate surface area is 121 Å². The Balaban J connectivity index is 1.94. The molecule has 0 aliphatic carbocycles. The first-order valence-electron chi connectivity index (χ1n) is 6.08. The number of carbonyl (C=O) groups is 1. The maximum atomic E-state index is 10.9. The highest BCUT2D eigenvalue weighted by molar-refractivity contribution is 5.90. The number of rotatable bonds is 7. The summed E-state index contributed by atoms with van der Waals surface area (Å²) >= 11 is 0. The van der Waals surface area contributed by atoms with Crippen molar-refractivity contribution in [3.8, 4) is 11.9 Å². The molecule has 0 unspecified atom stereocenters. The zero-order chi connectivity index (χ0) is 15.2. The van der Waals surface area contributed by atoms with Crippen LogP contribution in [0.3, 0.4) is 0 Å². The van der Waals surface area contributed by atoms with E-state index in [0.29, 0.717) is 24.8 Å². The molecule has 1 amide bonds. The van der Waals surface area contributed by atoms with Crippen molar-refractivity contribution in [3.63, 3.8) is 0 Å². The number of carbonyl (C=O) groups excluding carboxylic acids is 1. The van der Waals surface area contributed by atoms with Gasteiger partial charge in [0.25, 0.3) is 5.91 Å². The molecule has 0 aliphatic rings. The van der Waals surface area contributed by atoms with Crippen LogP contribution in [0.1, 0.15) is 10.5 Å². The summed E-state index contributed by atoms with van der Waals surface area (Å²) in [5, 5.41) is 7.05. The number of nitrogens with one attached hydrogen (secondary N) is 1. The van der Waals surface area contributed by atoms with Crippen LogP contribution in [0.15, 0.2) is 12.3 Å². The molecule has 0 aliphatic heterocycles. The number of aromatic nitrogens is 4. The first-order chi connectivity index (χ1) is 10.1. The maximum absolute atomic E-state index is 10.9. The molecular formula is C12H15N6O3. The Bertz CT molecular complexity index is 605. The second-order valence-electron chi connectivity index (χ2n) is 3.96. The van der Waals surface area contributed by atoms with Crippen LogP contribution in [0, 0.1) is 6.07 Å². The molecule has 111 valence electrons. The van der Waals surface area contributed by atoms with E-state index in [0.717, 1.165) is 0 Å². The van der Waals surface area contributed by atoms with Crippen molar-refractivity contribution in [2.75, 3.05) is 26.1 Å². The summed E-state index contributed by atoms with van der Waals surface area (Å²) in [4.78, 5) is 19.0. The summed E-state index contributed by atoms with van der Waals surface area (Å²) in [5.41, 5.74) is 5.22. The molecule has 2 heterocycles. The minimum Gasteiger partial charge on any atom is -0.481 e. The van der Waals surface area contributed by atoms with E-state index in [1.165, 1.54) is 14.2 Å². The fourth-order valence-electron chi connectivity index (χ4n) is 1.55. The van der Waals surface area contributed by atoms with Gasteiger partial charge in [0.2, 0.25) is 5.88 Å². The molecule has 0 fully saturated rings. The van der Waals surface area contributed by atoms with E-state index in [2.05, 4.69) is 26.4 Å². The van der Waals surface area contributed by atoms with Gasteiger partial charge in [0.05, 0.1) is 20.8 Å². The lowest BCUT2D eigenvalue weighted by Gasteiger charge is -2.08. The van der Waals surface area contributed by atoms with E-state index in [1.54, 1.807) is 16.9 Å². The second kappa shape index (κ2) is 6.55. The molecule has 0 aromatic carbocycles. The molecule has 9 heteroatoms. The van der Waals surface area contributed by atoms with Crippen LogP contribution in [-0.2, 0) is 6.54 Å². The van der Waals surface area contributed by atoms with E-state index < -0.39 is 5.91 Å². The number of primary amides is 1. The number of hydrogen-bond acceptors (Lipinski definition) is 7. The Kier molecular flexibility index (Phi) is 4.54. The summed E-state index contributed by atoms with van der Waals surface area (Å²) in [6, 6.07) is 4.53. The monoisotopic (exact) mass is 291 g/mol. The van der Waals surface area contributed by atoms with Crippen LogP contribution in [-0.4, -0.2) is 46.4 Å². The van der Waals surface area contributed by atoms with Gasteiger partial charge in [0, 0.05) is 24.9 Å². The number of anilines is 1. The molecule has 2 rings (SSSR count). The van der Waals surface area contributed by atoms with E-state index in [-0.39, 0.29) is 11.7 Å². The standard InChI is InChI=1S/C12H15N6O3/c1-20-10-7-9(15-12(16-10)21-2)14-4-6-18-5-3-8(17-18)11(13)19/h5,7H,4,6H2,1-2H3,(H2,13,19)(H,14,15,16). The second-order valence-corrected chi connectivity index (χ2v) is 3.96. The first kappa shape index (κ1) is 14.6. The Morgan fingerprint density at radius 2 is 2.24 bits per heavy atom. The zero-order valence-corrected chi connectivity index (χ0v) is 11.7. The first-order valence-corrected chi connectivity index (χ1v) is 6.08. The molecule has 2 aromatic heterocycles. The number of ether oxygens (including phenoxy) is 2. The van der Waals surface area contributed by atoms with Gasteiger partial charge < -0.3 is 20.5 Å². The average molecular weight is 291 g/mol. The third-order valence-corrected chi connectivity index (χ3v) is 2.53. The zero-order valence-electron chi connectivity index (χ0n) is 11.7. The highest BCUT2D eigenvalue weighted by atomic mass is 16.5. The maximum Gasteiger partial charge on any atom is 0.321 e. The van der Waals surface area contributed by atoms with Crippen LogP contribution in [0.25, 0.3) is 0 Å².